The van der Waals surface area contributed by atoms with Crippen LogP contribution in [0.25, 0.3) is 11.1 Å². The summed E-state index contributed by atoms with van der Waals surface area (Å²) in [7, 11) is 0. The van der Waals surface area contributed by atoms with Crippen LogP contribution in [0.1, 0.15) is 40.6 Å². The molecular weight excluding hydrogens is 333 g/mol. The zero-order valence-electron chi connectivity index (χ0n) is 14.5. The Balaban J connectivity index is 1.59. The van der Waals surface area contributed by atoms with Crippen molar-refractivity contribution in [2.24, 2.45) is 0 Å². The number of likely N-dealkylation sites (tertiary alicyclic amines) is 1. The topological polar surface area (TPSA) is 62.1 Å². The van der Waals surface area contributed by atoms with Gasteiger partial charge in [-0.2, -0.15) is 5.10 Å². The SMILES string of the molecule is Cc1ccoc1C(=O)N1CCC[C@H](c2[nH]ncc2-c2cccc(F)c2)C1. The Kier molecular flexibility index (Phi) is 4.32. The standard InChI is InChI=1S/C20H20FN3O2/c1-13-7-9-26-19(13)20(25)24-8-3-5-15(12-24)18-17(11-22-23-18)14-4-2-6-16(21)10-14/h2,4,6-7,9-11,15H,3,5,8,12H2,1H3,(H,22,23)/t15-/m0/s1. The second kappa shape index (κ2) is 6.78. The summed E-state index contributed by atoms with van der Waals surface area (Å²) in [5.41, 5.74) is 3.47. The Morgan fingerprint density at radius 3 is 3.04 bits per heavy atom. The first-order chi connectivity index (χ1) is 12.6. The molecule has 2 aromatic heterocycles. The Morgan fingerprint density at radius 2 is 2.27 bits per heavy atom. The van der Waals surface area contributed by atoms with Crippen molar-refractivity contribution in [3.63, 3.8) is 0 Å². The van der Waals surface area contributed by atoms with Gasteiger partial charge in [-0.1, -0.05) is 12.1 Å². The van der Waals surface area contributed by atoms with Crippen LogP contribution in [0.5, 0.6) is 0 Å². The van der Waals surface area contributed by atoms with E-state index >= 15 is 0 Å². The number of hydrogen-bond donors (Lipinski definition) is 1. The van der Waals surface area contributed by atoms with Crippen LogP contribution in [-0.4, -0.2) is 34.1 Å². The Morgan fingerprint density at radius 1 is 1.38 bits per heavy atom. The number of halogens is 1. The van der Waals surface area contributed by atoms with Crippen LogP contribution in [0.4, 0.5) is 4.39 Å². The van der Waals surface area contributed by atoms with Crippen molar-refractivity contribution in [2.75, 3.05) is 13.1 Å². The van der Waals surface area contributed by atoms with Crippen molar-refractivity contribution in [3.05, 3.63) is 65.6 Å². The second-order valence-electron chi connectivity index (χ2n) is 6.73. The number of benzene rings is 1. The molecule has 3 aromatic rings. The van der Waals surface area contributed by atoms with E-state index in [-0.39, 0.29) is 17.6 Å². The fraction of sp³-hybridized carbons (Fsp3) is 0.300. The molecule has 0 bridgehead atoms. The number of amides is 1. The first kappa shape index (κ1) is 16.6. The predicted octanol–water partition coefficient (Wildman–Crippen LogP) is 4.14. The van der Waals surface area contributed by atoms with Crippen LogP contribution >= 0.6 is 0 Å². The first-order valence-electron chi connectivity index (χ1n) is 8.76. The van der Waals surface area contributed by atoms with Gasteiger partial charge in [-0.15, -0.1) is 0 Å². The van der Waals surface area contributed by atoms with Crippen molar-refractivity contribution in [3.8, 4) is 11.1 Å². The number of H-pyrrole nitrogens is 1. The molecule has 0 saturated carbocycles. The number of nitrogens with zero attached hydrogens (tertiary/aromatic N) is 2. The highest BCUT2D eigenvalue weighted by Crippen LogP contribution is 2.33. The van der Waals surface area contributed by atoms with Crippen molar-refractivity contribution in [2.45, 2.75) is 25.7 Å². The highest BCUT2D eigenvalue weighted by molar-refractivity contribution is 5.93. The normalized spacial score (nSPS) is 17.5. The molecule has 3 heterocycles. The molecule has 1 aliphatic rings. The number of piperidine rings is 1. The quantitative estimate of drug-likeness (QED) is 0.770. The molecule has 134 valence electrons. The van der Waals surface area contributed by atoms with Gasteiger partial charge in [0.25, 0.3) is 5.91 Å². The maximum absolute atomic E-state index is 13.6. The first-order valence-corrected chi connectivity index (χ1v) is 8.76. The lowest BCUT2D eigenvalue weighted by Crippen LogP contribution is -2.39. The fourth-order valence-corrected chi connectivity index (χ4v) is 3.63. The molecule has 0 spiro atoms. The second-order valence-corrected chi connectivity index (χ2v) is 6.73. The molecule has 4 rings (SSSR count). The average molecular weight is 353 g/mol. The summed E-state index contributed by atoms with van der Waals surface area (Å²) >= 11 is 0. The minimum atomic E-state index is -0.275. The van der Waals surface area contributed by atoms with E-state index in [2.05, 4.69) is 10.2 Å². The summed E-state index contributed by atoms with van der Waals surface area (Å²) in [5.74, 6) is 0.178. The van der Waals surface area contributed by atoms with Crippen molar-refractivity contribution in [1.29, 1.82) is 0 Å². The maximum atomic E-state index is 13.6. The lowest BCUT2D eigenvalue weighted by Gasteiger charge is -2.32. The average Bonchev–Trinajstić information content (AvgIpc) is 3.30. The molecule has 26 heavy (non-hydrogen) atoms. The van der Waals surface area contributed by atoms with Crippen LogP contribution in [0.2, 0.25) is 0 Å². The van der Waals surface area contributed by atoms with Gasteiger partial charge >= 0.3 is 0 Å². The van der Waals surface area contributed by atoms with E-state index in [0.717, 1.165) is 35.2 Å². The molecule has 0 aliphatic carbocycles. The van der Waals surface area contributed by atoms with Crippen molar-refractivity contribution in [1.82, 2.24) is 15.1 Å². The Labute approximate surface area is 150 Å². The molecule has 6 heteroatoms. The van der Waals surface area contributed by atoms with Gasteiger partial charge < -0.3 is 9.32 Å². The van der Waals surface area contributed by atoms with Crippen LogP contribution in [-0.2, 0) is 0 Å². The largest absolute Gasteiger partial charge is 0.459 e. The van der Waals surface area contributed by atoms with Crippen LogP contribution in [0, 0.1) is 12.7 Å². The third-order valence-electron chi connectivity index (χ3n) is 4.98. The minimum absolute atomic E-state index is 0.0796. The zero-order chi connectivity index (χ0) is 18.1. The van der Waals surface area contributed by atoms with E-state index in [9.17, 15) is 9.18 Å². The van der Waals surface area contributed by atoms with E-state index in [0.29, 0.717) is 18.8 Å². The minimum Gasteiger partial charge on any atom is -0.459 e. The number of carbonyl (C=O) groups is 1. The van der Waals surface area contributed by atoms with Gasteiger partial charge in [0, 0.05) is 35.8 Å². The van der Waals surface area contributed by atoms with E-state index in [1.165, 1.54) is 12.1 Å². The summed E-state index contributed by atoms with van der Waals surface area (Å²) < 4.78 is 19.0. The third-order valence-corrected chi connectivity index (χ3v) is 4.98. The molecule has 1 fully saturated rings. The van der Waals surface area contributed by atoms with Crippen LogP contribution in [0.3, 0.4) is 0 Å². The molecule has 1 saturated heterocycles. The summed E-state index contributed by atoms with van der Waals surface area (Å²) in [6.45, 7) is 3.16. The number of furan rings is 1. The van der Waals surface area contributed by atoms with Gasteiger partial charge in [-0.05, 0) is 43.5 Å². The third kappa shape index (κ3) is 3.03. The maximum Gasteiger partial charge on any atom is 0.289 e. The van der Waals surface area contributed by atoms with Gasteiger partial charge in [-0.25, -0.2) is 4.39 Å². The number of aromatic amines is 1. The molecule has 0 radical (unpaired) electrons. The van der Waals surface area contributed by atoms with Crippen LogP contribution < -0.4 is 0 Å². The molecule has 0 unspecified atom stereocenters. The highest BCUT2D eigenvalue weighted by atomic mass is 19.1. The number of nitrogens with one attached hydrogen (secondary N) is 1. The highest BCUT2D eigenvalue weighted by Gasteiger charge is 2.30. The lowest BCUT2D eigenvalue weighted by atomic mass is 9.90. The molecule has 1 aromatic carbocycles. The van der Waals surface area contributed by atoms with E-state index in [4.69, 9.17) is 4.42 Å². The van der Waals surface area contributed by atoms with Gasteiger partial charge in [0.1, 0.15) is 5.82 Å². The summed E-state index contributed by atoms with van der Waals surface area (Å²) in [6, 6.07) is 8.29. The van der Waals surface area contributed by atoms with Crippen molar-refractivity contribution >= 4 is 5.91 Å². The molecule has 1 atom stereocenters. The van der Waals surface area contributed by atoms with E-state index in [1.807, 2.05) is 17.9 Å². The molecule has 1 aliphatic heterocycles. The number of carbonyl (C=O) groups excluding carboxylic acids is 1. The zero-order valence-corrected chi connectivity index (χ0v) is 14.5. The Hall–Kier alpha value is -2.89. The van der Waals surface area contributed by atoms with E-state index < -0.39 is 0 Å². The summed E-state index contributed by atoms with van der Waals surface area (Å²) in [4.78, 5) is 14.6. The molecule has 1 N–H and O–H groups in total. The molecule has 1 amide bonds. The van der Waals surface area contributed by atoms with Gasteiger partial charge in [-0.3, -0.25) is 9.89 Å². The number of aryl methyl sites for hydroxylation is 1. The van der Waals surface area contributed by atoms with Crippen molar-refractivity contribution < 1.29 is 13.6 Å². The summed E-state index contributed by atoms with van der Waals surface area (Å²) in [6.07, 6.45) is 5.12. The summed E-state index contributed by atoms with van der Waals surface area (Å²) in [5, 5.41) is 7.23. The van der Waals surface area contributed by atoms with Gasteiger partial charge in [0.15, 0.2) is 5.76 Å². The number of hydrogen-bond acceptors (Lipinski definition) is 3. The number of aromatic nitrogens is 2. The van der Waals surface area contributed by atoms with Gasteiger partial charge in [0.2, 0.25) is 0 Å². The van der Waals surface area contributed by atoms with Gasteiger partial charge in [0.05, 0.1) is 12.5 Å². The molecular formula is C20H20FN3O2. The Bertz CT molecular complexity index is 931. The smallest absolute Gasteiger partial charge is 0.289 e. The molecule has 5 nitrogen and oxygen atoms in total. The lowest BCUT2D eigenvalue weighted by molar-refractivity contribution is 0.0672. The van der Waals surface area contributed by atoms with E-state index in [1.54, 1.807) is 24.6 Å². The monoisotopic (exact) mass is 353 g/mol. The number of rotatable bonds is 3. The predicted molar refractivity (Wildman–Crippen MR) is 95.3 cm³/mol. The van der Waals surface area contributed by atoms with Crippen LogP contribution in [0.15, 0.2) is 47.2 Å². The fourth-order valence-electron chi connectivity index (χ4n) is 3.63.